The number of hydrogen-bond acceptors (Lipinski definition) is 6. The summed E-state index contributed by atoms with van der Waals surface area (Å²) in [7, 11) is 1.86. The fraction of sp³-hybridized carbons (Fsp3) is 0.368. The van der Waals surface area contributed by atoms with E-state index in [1.54, 1.807) is 35.0 Å². The number of carbonyl (C=O) groups is 1. The molecule has 0 spiro atoms. The van der Waals surface area contributed by atoms with Gasteiger partial charge in [0.15, 0.2) is 0 Å². The summed E-state index contributed by atoms with van der Waals surface area (Å²) in [5, 5.41) is 1.74. The van der Waals surface area contributed by atoms with Crippen molar-refractivity contribution in [1.82, 2.24) is 19.9 Å². The first kappa shape index (κ1) is 18.8. The number of likely N-dealkylation sites (N-methyl/N-ethyl adjacent to an activating group) is 1. The van der Waals surface area contributed by atoms with Crippen LogP contribution in [0.15, 0.2) is 41.9 Å². The van der Waals surface area contributed by atoms with E-state index in [9.17, 15) is 4.79 Å². The van der Waals surface area contributed by atoms with E-state index in [1.165, 1.54) is 22.2 Å². The van der Waals surface area contributed by atoms with E-state index in [4.69, 9.17) is 0 Å². The van der Waals surface area contributed by atoms with Gasteiger partial charge in [-0.05, 0) is 43.5 Å². The summed E-state index contributed by atoms with van der Waals surface area (Å²) in [5.41, 5.74) is 1.18. The molecule has 136 valence electrons. The Hall–Kier alpha value is -1.99. The molecule has 0 aliphatic heterocycles. The average Bonchev–Trinajstić information content (AvgIpc) is 3.10. The number of thiophene rings is 1. The highest BCUT2D eigenvalue weighted by atomic mass is 32.2. The van der Waals surface area contributed by atoms with Crippen LogP contribution in [-0.4, -0.2) is 44.6 Å². The number of hydrogen-bond donors (Lipinski definition) is 0. The predicted octanol–water partition coefficient (Wildman–Crippen LogP) is 3.83. The Morgan fingerprint density at radius 3 is 2.81 bits per heavy atom. The van der Waals surface area contributed by atoms with Crippen LogP contribution < -0.4 is 0 Å². The molecule has 3 heterocycles. The third kappa shape index (κ3) is 4.40. The van der Waals surface area contributed by atoms with Gasteiger partial charge in [0.25, 0.3) is 0 Å². The lowest BCUT2D eigenvalue weighted by Crippen LogP contribution is -2.34. The van der Waals surface area contributed by atoms with Gasteiger partial charge in [-0.15, -0.1) is 11.3 Å². The minimum absolute atomic E-state index is 0.113. The summed E-state index contributed by atoms with van der Waals surface area (Å²) in [4.78, 5) is 29.6. The molecule has 7 heteroatoms. The van der Waals surface area contributed by atoms with Crippen LogP contribution in [0.25, 0.3) is 10.2 Å². The van der Waals surface area contributed by atoms with Crippen LogP contribution in [0.4, 0.5) is 0 Å². The fourth-order valence-corrected chi connectivity index (χ4v) is 4.64. The van der Waals surface area contributed by atoms with Crippen molar-refractivity contribution < 1.29 is 4.79 Å². The molecule has 26 heavy (non-hydrogen) atoms. The van der Waals surface area contributed by atoms with Crippen LogP contribution in [-0.2, 0) is 17.6 Å². The molecule has 3 aromatic rings. The van der Waals surface area contributed by atoms with Gasteiger partial charge in [0, 0.05) is 36.2 Å². The van der Waals surface area contributed by atoms with E-state index in [0.717, 1.165) is 28.1 Å². The molecule has 0 aliphatic rings. The molecule has 0 saturated carbocycles. The monoisotopic (exact) mass is 386 g/mol. The first-order valence-corrected chi connectivity index (χ1v) is 10.3. The van der Waals surface area contributed by atoms with Crippen molar-refractivity contribution in [3.63, 3.8) is 0 Å². The van der Waals surface area contributed by atoms with Gasteiger partial charge < -0.3 is 4.90 Å². The third-order valence-corrected chi connectivity index (χ3v) is 6.48. The second-order valence-electron chi connectivity index (χ2n) is 6.09. The number of aryl methyl sites for hydroxylation is 1. The topological polar surface area (TPSA) is 59.0 Å². The summed E-state index contributed by atoms with van der Waals surface area (Å²) >= 11 is 3.20. The largest absolute Gasteiger partial charge is 0.344 e. The van der Waals surface area contributed by atoms with Gasteiger partial charge >= 0.3 is 0 Å². The zero-order valence-corrected chi connectivity index (χ0v) is 16.8. The van der Waals surface area contributed by atoms with Crippen molar-refractivity contribution in [3.05, 3.63) is 47.4 Å². The Morgan fingerprint density at radius 2 is 2.08 bits per heavy atom. The predicted molar refractivity (Wildman–Crippen MR) is 108 cm³/mol. The number of pyridine rings is 1. The quantitative estimate of drug-likeness (QED) is 0.456. The molecular weight excluding hydrogens is 364 g/mol. The molecule has 0 N–H and O–H groups in total. The number of thioether (sulfide) groups is 1. The molecule has 1 amide bonds. The number of aromatic nitrogens is 3. The third-order valence-electron chi connectivity index (χ3n) is 4.19. The normalized spacial score (nSPS) is 12.3. The average molecular weight is 387 g/mol. The van der Waals surface area contributed by atoms with Crippen LogP contribution in [0.1, 0.15) is 24.3 Å². The van der Waals surface area contributed by atoms with Gasteiger partial charge in [0.2, 0.25) is 5.91 Å². The van der Waals surface area contributed by atoms with Gasteiger partial charge in [-0.1, -0.05) is 18.7 Å². The molecule has 3 rings (SSSR count). The highest BCUT2D eigenvalue weighted by molar-refractivity contribution is 8.00. The van der Waals surface area contributed by atoms with Crippen LogP contribution in [0.3, 0.4) is 0 Å². The molecular formula is C19H22N4OS2. The Morgan fingerprint density at radius 1 is 1.31 bits per heavy atom. The number of carbonyl (C=O) groups excluding carboxylic acids is 1. The zero-order chi connectivity index (χ0) is 18.5. The number of nitrogens with zero attached hydrogens (tertiary/aromatic N) is 4. The smallest absolute Gasteiger partial charge is 0.235 e. The van der Waals surface area contributed by atoms with E-state index in [0.29, 0.717) is 6.54 Å². The van der Waals surface area contributed by atoms with Crippen LogP contribution in [0, 0.1) is 0 Å². The summed E-state index contributed by atoms with van der Waals surface area (Å²) in [6, 6.07) is 6.11. The van der Waals surface area contributed by atoms with Gasteiger partial charge in [0.1, 0.15) is 16.2 Å². The molecule has 0 bridgehead atoms. The van der Waals surface area contributed by atoms with E-state index in [2.05, 4.69) is 27.9 Å². The molecule has 3 aromatic heterocycles. The van der Waals surface area contributed by atoms with Crippen LogP contribution in [0.5, 0.6) is 0 Å². The lowest BCUT2D eigenvalue weighted by Gasteiger charge is -2.21. The Labute approximate surface area is 161 Å². The molecule has 0 aliphatic carbocycles. The molecule has 0 fully saturated rings. The Kier molecular flexibility index (Phi) is 6.21. The summed E-state index contributed by atoms with van der Waals surface area (Å²) < 4.78 is 0. The maximum atomic E-state index is 12.7. The first-order chi connectivity index (χ1) is 12.6. The highest BCUT2D eigenvalue weighted by Gasteiger charge is 2.21. The van der Waals surface area contributed by atoms with E-state index >= 15 is 0 Å². The maximum absolute atomic E-state index is 12.7. The SMILES string of the molecule is CCc1cc2c(SC(C)C(=O)N(C)CCc3ccncc3)ncnc2s1. The van der Waals surface area contributed by atoms with Crippen molar-refractivity contribution in [1.29, 1.82) is 0 Å². The molecule has 0 radical (unpaired) electrons. The molecule has 1 atom stereocenters. The lowest BCUT2D eigenvalue weighted by atomic mass is 10.2. The Bertz CT molecular complexity index is 882. The standard InChI is InChI=1S/C19H22N4OS2/c1-4-15-11-16-17(21-12-22-18(16)26-15)25-13(2)19(24)23(3)10-7-14-5-8-20-9-6-14/h5-6,8-9,11-13H,4,7,10H2,1-3H3. The number of rotatable bonds is 7. The summed E-state index contributed by atoms with van der Waals surface area (Å²) in [6.45, 7) is 4.76. The molecule has 0 saturated heterocycles. The van der Waals surface area contributed by atoms with Crippen molar-refractivity contribution in [2.45, 2.75) is 37.0 Å². The van der Waals surface area contributed by atoms with Crippen LogP contribution >= 0.6 is 23.1 Å². The number of fused-ring (bicyclic) bond motifs is 1. The van der Waals surface area contributed by atoms with Gasteiger partial charge in [-0.3, -0.25) is 9.78 Å². The maximum Gasteiger partial charge on any atom is 0.235 e. The zero-order valence-electron chi connectivity index (χ0n) is 15.2. The lowest BCUT2D eigenvalue weighted by molar-refractivity contribution is -0.128. The van der Waals surface area contributed by atoms with Gasteiger partial charge in [0.05, 0.1) is 5.25 Å². The fourth-order valence-electron chi connectivity index (χ4n) is 2.64. The Balaban J connectivity index is 1.64. The second kappa shape index (κ2) is 8.60. The van der Waals surface area contributed by atoms with E-state index in [-0.39, 0.29) is 11.2 Å². The summed E-state index contributed by atoms with van der Waals surface area (Å²) in [5.74, 6) is 0.113. The minimum Gasteiger partial charge on any atom is -0.344 e. The molecule has 1 unspecified atom stereocenters. The molecule has 5 nitrogen and oxygen atoms in total. The van der Waals surface area contributed by atoms with Gasteiger partial charge in [-0.2, -0.15) is 0 Å². The summed E-state index contributed by atoms with van der Waals surface area (Å²) in [6.07, 6.45) is 6.95. The van der Waals surface area contributed by atoms with E-state index in [1.807, 2.05) is 26.1 Å². The number of amides is 1. The van der Waals surface area contributed by atoms with Crippen molar-refractivity contribution >= 4 is 39.2 Å². The second-order valence-corrected chi connectivity index (χ2v) is 8.53. The van der Waals surface area contributed by atoms with Crippen molar-refractivity contribution in [2.75, 3.05) is 13.6 Å². The minimum atomic E-state index is -0.194. The van der Waals surface area contributed by atoms with Crippen molar-refractivity contribution in [2.24, 2.45) is 0 Å². The first-order valence-electron chi connectivity index (χ1n) is 8.62. The van der Waals surface area contributed by atoms with Gasteiger partial charge in [-0.25, -0.2) is 9.97 Å². The van der Waals surface area contributed by atoms with E-state index < -0.39 is 0 Å². The highest BCUT2D eigenvalue weighted by Crippen LogP contribution is 2.33. The van der Waals surface area contributed by atoms with Crippen LogP contribution in [0.2, 0.25) is 0 Å². The van der Waals surface area contributed by atoms with Crippen molar-refractivity contribution in [3.8, 4) is 0 Å². The molecule has 0 aromatic carbocycles.